The minimum atomic E-state index is 0.820. The monoisotopic (exact) mass is 334 g/mol. The molecule has 0 aliphatic carbocycles. The zero-order chi connectivity index (χ0) is 17.6. The van der Waals surface area contributed by atoms with E-state index >= 15 is 0 Å². The summed E-state index contributed by atoms with van der Waals surface area (Å²) in [5.41, 5.74) is 2.74. The molecule has 2 N–H and O–H groups in total. The number of nitrogens with one attached hydrogen (secondary N) is 2. The van der Waals surface area contributed by atoms with Gasteiger partial charge in [-0.3, -0.25) is 4.99 Å². The highest BCUT2D eigenvalue weighted by atomic mass is 16.5. The molecule has 0 radical (unpaired) electrons. The summed E-state index contributed by atoms with van der Waals surface area (Å²) < 4.78 is 5.07. The lowest BCUT2D eigenvalue weighted by Gasteiger charge is -2.18. The lowest BCUT2D eigenvalue weighted by molar-refractivity contribution is 0.180. The highest BCUT2D eigenvalue weighted by molar-refractivity contribution is 5.79. The Balaban J connectivity index is 2.18. The largest absolute Gasteiger partial charge is 0.385 e. The van der Waals surface area contributed by atoms with Crippen LogP contribution in [0.2, 0.25) is 0 Å². The fraction of sp³-hybridized carbons (Fsp3) is 0.632. The van der Waals surface area contributed by atoms with Crippen LogP contribution in [0.1, 0.15) is 24.5 Å². The van der Waals surface area contributed by atoms with Crippen molar-refractivity contribution in [3.8, 4) is 0 Å². The number of rotatable bonds is 11. The molecule has 1 aromatic carbocycles. The van der Waals surface area contributed by atoms with E-state index in [1.807, 2.05) is 7.05 Å². The molecular formula is C19H34N4O. The van der Waals surface area contributed by atoms with Crippen molar-refractivity contribution in [2.45, 2.75) is 26.2 Å². The third-order valence-corrected chi connectivity index (χ3v) is 4.04. The summed E-state index contributed by atoms with van der Waals surface area (Å²) in [5, 5.41) is 6.73. The number of likely N-dealkylation sites (N-methyl/N-ethyl adjacent to an activating group) is 1. The van der Waals surface area contributed by atoms with Crippen molar-refractivity contribution in [1.29, 1.82) is 0 Å². The Labute approximate surface area is 147 Å². The van der Waals surface area contributed by atoms with Gasteiger partial charge in [0.05, 0.1) is 0 Å². The van der Waals surface area contributed by atoms with Crippen LogP contribution in [0.3, 0.4) is 0 Å². The molecule has 0 spiro atoms. The van der Waals surface area contributed by atoms with Gasteiger partial charge in [0.25, 0.3) is 0 Å². The standard InChI is InChI=1S/C19H34N4O/c1-5-17-7-9-18(10-8-17)11-12-21-19(20-2)22-13-15-23(3)14-6-16-24-4/h7-10H,5-6,11-16H2,1-4H3,(H2,20,21,22). The molecule has 1 rings (SSSR count). The van der Waals surface area contributed by atoms with E-state index < -0.39 is 0 Å². The van der Waals surface area contributed by atoms with E-state index in [1.54, 1.807) is 7.11 Å². The van der Waals surface area contributed by atoms with Crippen LogP contribution in [-0.2, 0) is 17.6 Å². The second kappa shape index (κ2) is 12.8. The van der Waals surface area contributed by atoms with E-state index in [0.29, 0.717) is 0 Å². The predicted molar refractivity (Wildman–Crippen MR) is 103 cm³/mol. The summed E-state index contributed by atoms with van der Waals surface area (Å²) >= 11 is 0. The molecule has 0 saturated heterocycles. The van der Waals surface area contributed by atoms with E-state index in [-0.39, 0.29) is 0 Å². The zero-order valence-electron chi connectivity index (χ0n) is 15.8. The van der Waals surface area contributed by atoms with E-state index in [0.717, 1.165) is 58.0 Å². The van der Waals surface area contributed by atoms with E-state index in [2.05, 4.69) is 58.8 Å². The molecule has 1 aromatic rings. The zero-order valence-corrected chi connectivity index (χ0v) is 15.8. The van der Waals surface area contributed by atoms with Crippen molar-refractivity contribution < 1.29 is 4.74 Å². The van der Waals surface area contributed by atoms with Gasteiger partial charge in [-0.25, -0.2) is 0 Å². The van der Waals surface area contributed by atoms with Gasteiger partial charge in [-0.1, -0.05) is 31.2 Å². The number of hydrogen-bond donors (Lipinski definition) is 2. The molecule has 5 nitrogen and oxygen atoms in total. The van der Waals surface area contributed by atoms with E-state index in [9.17, 15) is 0 Å². The molecule has 0 aliphatic heterocycles. The van der Waals surface area contributed by atoms with Gasteiger partial charge >= 0.3 is 0 Å². The molecule has 5 heteroatoms. The van der Waals surface area contributed by atoms with Crippen LogP contribution in [0.5, 0.6) is 0 Å². The Morgan fingerprint density at radius 3 is 2.38 bits per heavy atom. The minimum absolute atomic E-state index is 0.820. The van der Waals surface area contributed by atoms with Gasteiger partial charge < -0.3 is 20.3 Å². The van der Waals surface area contributed by atoms with Gasteiger partial charge in [0, 0.05) is 46.9 Å². The first-order chi connectivity index (χ1) is 11.7. The van der Waals surface area contributed by atoms with Crippen LogP contribution in [0, 0.1) is 0 Å². The fourth-order valence-electron chi connectivity index (χ4n) is 2.44. The molecular weight excluding hydrogens is 300 g/mol. The van der Waals surface area contributed by atoms with Crippen LogP contribution < -0.4 is 10.6 Å². The Morgan fingerprint density at radius 1 is 1.08 bits per heavy atom. The highest BCUT2D eigenvalue weighted by Crippen LogP contribution is 2.05. The summed E-state index contributed by atoms with van der Waals surface area (Å²) in [6, 6.07) is 8.85. The Bertz CT molecular complexity index is 459. The number of guanidine groups is 1. The smallest absolute Gasteiger partial charge is 0.191 e. The Hall–Kier alpha value is -1.59. The van der Waals surface area contributed by atoms with Gasteiger partial charge in [0.15, 0.2) is 5.96 Å². The first-order valence-corrected chi connectivity index (χ1v) is 8.89. The summed E-state index contributed by atoms with van der Waals surface area (Å²) in [6.45, 7) is 6.81. The quantitative estimate of drug-likeness (QED) is 0.369. The molecule has 0 saturated carbocycles. The molecule has 0 aromatic heterocycles. The van der Waals surface area contributed by atoms with Crippen molar-refractivity contribution in [1.82, 2.24) is 15.5 Å². The maximum Gasteiger partial charge on any atom is 0.191 e. The third kappa shape index (κ3) is 8.89. The van der Waals surface area contributed by atoms with Gasteiger partial charge in [-0.15, -0.1) is 0 Å². The first-order valence-electron chi connectivity index (χ1n) is 8.89. The van der Waals surface area contributed by atoms with Crippen LogP contribution in [-0.4, -0.2) is 64.9 Å². The normalized spacial score (nSPS) is 11.8. The van der Waals surface area contributed by atoms with Gasteiger partial charge in [0.2, 0.25) is 0 Å². The maximum atomic E-state index is 5.07. The SMILES string of the molecule is CCc1ccc(CCNC(=NC)NCCN(C)CCCOC)cc1. The molecule has 0 bridgehead atoms. The molecule has 0 heterocycles. The molecule has 0 amide bonds. The summed E-state index contributed by atoms with van der Waals surface area (Å²) in [5.74, 6) is 0.866. The van der Waals surface area contributed by atoms with Crippen molar-refractivity contribution in [3.63, 3.8) is 0 Å². The van der Waals surface area contributed by atoms with Crippen molar-refractivity contribution in [2.75, 3.05) is 54.0 Å². The van der Waals surface area contributed by atoms with E-state index in [1.165, 1.54) is 11.1 Å². The number of aliphatic imine (C=N–C) groups is 1. The molecule has 0 aliphatic rings. The predicted octanol–water partition coefficient (Wildman–Crippen LogP) is 1.92. The topological polar surface area (TPSA) is 48.9 Å². The number of aryl methyl sites for hydroxylation is 1. The minimum Gasteiger partial charge on any atom is -0.385 e. The molecule has 0 fully saturated rings. The van der Waals surface area contributed by atoms with Crippen molar-refractivity contribution >= 4 is 5.96 Å². The van der Waals surface area contributed by atoms with Crippen LogP contribution in [0.25, 0.3) is 0 Å². The molecule has 24 heavy (non-hydrogen) atoms. The van der Waals surface area contributed by atoms with Gasteiger partial charge in [-0.05, 0) is 37.4 Å². The Kier molecular flexibility index (Phi) is 10.9. The third-order valence-electron chi connectivity index (χ3n) is 4.04. The molecule has 0 atom stereocenters. The summed E-state index contributed by atoms with van der Waals surface area (Å²) in [6.07, 6.45) is 3.16. The van der Waals surface area contributed by atoms with E-state index in [4.69, 9.17) is 4.74 Å². The second-order valence-electron chi connectivity index (χ2n) is 6.00. The molecule has 0 unspecified atom stereocenters. The van der Waals surface area contributed by atoms with Crippen LogP contribution in [0.4, 0.5) is 0 Å². The average Bonchev–Trinajstić information content (AvgIpc) is 2.61. The van der Waals surface area contributed by atoms with Gasteiger partial charge in [0.1, 0.15) is 0 Å². The first kappa shape index (κ1) is 20.5. The lowest BCUT2D eigenvalue weighted by atomic mass is 10.1. The average molecular weight is 335 g/mol. The lowest BCUT2D eigenvalue weighted by Crippen LogP contribution is -2.41. The number of nitrogens with zero attached hydrogens (tertiary/aromatic N) is 2. The van der Waals surface area contributed by atoms with Crippen molar-refractivity contribution in [3.05, 3.63) is 35.4 Å². The van der Waals surface area contributed by atoms with Crippen LogP contribution >= 0.6 is 0 Å². The second-order valence-corrected chi connectivity index (χ2v) is 6.00. The van der Waals surface area contributed by atoms with Crippen molar-refractivity contribution in [2.24, 2.45) is 4.99 Å². The Morgan fingerprint density at radius 2 is 1.75 bits per heavy atom. The summed E-state index contributed by atoms with van der Waals surface area (Å²) in [4.78, 5) is 6.57. The number of methoxy groups -OCH3 is 1. The maximum absolute atomic E-state index is 5.07. The molecule has 136 valence electrons. The number of hydrogen-bond acceptors (Lipinski definition) is 3. The highest BCUT2D eigenvalue weighted by Gasteiger charge is 2.01. The fourth-order valence-corrected chi connectivity index (χ4v) is 2.44. The van der Waals surface area contributed by atoms with Gasteiger partial charge in [-0.2, -0.15) is 0 Å². The summed E-state index contributed by atoms with van der Waals surface area (Å²) in [7, 11) is 5.69. The number of benzene rings is 1. The number of ether oxygens (including phenoxy) is 1. The van der Waals surface area contributed by atoms with Crippen LogP contribution in [0.15, 0.2) is 29.3 Å².